The minimum absolute atomic E-state index is 0.0270. The van der Waals surface area contributed by atoms with Crippen LogP contribution in [-0.4, -0.2) is 89.3 Å². The van der Waals surface area contributed by atoms with E-state index in [1.165, 1.54) is 26.0 Å². The molecule has 3 aliphatic rings. The van der Waals surface area contributed by atoms with Crippen molar-refractivity contribution in [2.75, 3.05) is 38.3 Å². The lowest BCUT2D eigenvalue weighted by atomic mass is 10.1. The van der Waals surface area contributed by atoms with Crippen LogP contribution in [0.25, 0.3) is 0 Å². The Kier molecular flexibility index (Phi) is 11.0. The molecule has 3 N–H and O–H groups in total. The van der Waals surface area contributed by atoms with Gasteiger partial charge in [-0.25, -0.2) is 18.8 Å². The summed E-state index contributed by atoms with van der Waals surface area (Å²) in [5.74, 6) is -2.13. The number of fused-ring (bicyclic) bond motifs is 3. The number of hydrogen-bond acceptors (Lipinski definition) is 9. The highest BCUT2D eigenvalue weighted by atomic mass is 19.1. The van der Waals surface area contributed by atoms with Crippen molar-refractivity contribution in [2.45, 2.75) is 64.1 Å². The van der Waals surface area contributed by atoms with Gasteiger partial charge < -0.3 is 39.3 Å². The van der Waals surface area contributed by atoms with Crippen LogP contribution in [0.4, 0.5) is 14.9 Å². The number of halogens is 1. The number of carboxylic acids is 1. The zero-order chi connectivity index (χ0) is 31.0. The van der Waals surface area contributed by atoms with Gasteiger partial charge in [0.1, 0.15) is 18.0 Å². The number of ether oxygens (including phenoxy) is 3. The van der Waals surface area contributed by atoms with E-state index in [-0.39, 0.29) is 29.9 Å². The monoisotopic (exact) mass is 590 g/mol. The SMILES string of the molecule is CC(C)(C)OC(=O)N1CCC[C@H]1CO.COC(=O)c1ccc(F)c(O)c1.O=C(O)c1ccc2c(c1)OC[C@@H]1CCCN21. The third-order valence-corrected chi connectivity index (χ3v) is 6.91. The predicted octanol–water partition coefficient (Wildman–Crippen LogP) is 4.44. The molecule has 2 aromatic carbocycles. The van der Waals surface area contributed by atoms with Gasteiger partial charge >= 0.3 is 18.0 Å². The lowest BCUT2D eigenvalue weighted by Gasteiger charge is -2.33. The minimum Gasteiger partial charge on any atom is -0.505 e. The molecule has 11 nitrogen and oxygen atoms in total. The Labute approximate surface area is 244 Å². The predicted molar refractivity (Wildman–Crippen MR) is 152 cm³/mol. The van der Waals surface area contributed by atoms with Crippen molar-refractivity contribution in [1.82, 2.24) is 4.90 Å². The van der Waals surface area contributed by atoms with Crippen molar-refractivity contribution in [3.05, 3.63) is 53.3 Å². The van der Waals surface area contributed by atoms with Gasteiger partial charge in [-0.05, 0) is 82.9 Å². The molecule has 3 heterocycles. The molecule has 12 heteroatoms. The van der Waals surface area contributed by atoms with E-state index in [1.54, 1.807) is 17.0 Å². The molecule has 0 bridgehead atoms. The van der Waals surface area contributed by atoms with Crippen molar-refractivity contribution in [3.63, 3.8) is 0 Å². The van der Waals surface area contributed by atoms with E-state index in [4.69, 9.17) is 24.8 Å². The molecule has 0 spiro atoms. The van der Waals surface area contributed by atoms with Crippen LogP contribution >= 0.6 is 0 Å². The molecule has 0 aromatic heterocycles. The third-order valence-electron chi connectivity index (χ3n) is 6.91. The lowest BCUT2D eigenvalue weighted by molar-refractivity contribution is 0.0175. The van der Waals surface area contributed by atoms with Crippen LogP contribution in [0.3, 0.4) is 0 Å². The smallest absolute Gasteiger partial charge is 0.410 e. The maximum atomic E-state index is 12.5. The number of aliphatic hydroxyl groups is 1. The zero-order valence-corrected chi connectivity index (χ0v) is 24.3. The van der Waals surface area contributed by atoms with E-state index in [2.05, 4.69) is 9.64 Å². The Morgan fingerprint density at radius 1 is 1.05 bits per heavy atom. The zero-order valence-electron chi connectivity index (χ0n) is 24.3. The van der Waals surface area contributed by atoms with E-state index in [0.717, 1.165) is 37.2 Å². The molecule has 0 aliphatic carbocycles. The largest absolute Gasteiger partial charge is 0.505 e. The van der Waals surface area contributed by atoms with Gasteiger partial charge in [-0.3, -0.25) is 0 Å². The molecule has 42 heavy (non-hydrogen) atoms. The van der Waals surface area contributed by atoms with Crippen LogP contribution in [-0.2, 0) is 9.47 Å². The van der Waals surface area contributed by atoms with Crippen LogP contribution < -0.4 is 9.64 Å². The van der Waals surface area contributed by atoms with Crippen LogP contribution in [0.1, 0.15) is 67.2 Å². The summed E-state index contributed by atoms with van der Waals surface area (Å²) in [6.45, 7) is 7.97. The maximum Gasteiger partial charge on any atom is 0.410 e. The summed E-state index contributed by atoms with van der Waals surface area (Å²) in [5, 5.41) is 26.8. The number of methoxy groups -OCH3 is 1. The molecule has 1 amide bonds. The number of amides is 1. The summed E-state index contributed by atoms with van der Waals surface area (Å²) in [6.07, 6.45) is 3.86. The average molecular weight is 591 g/mol. The fraction of sp³-hybridized carbons (Fsp3) is 0.500. The van der Waals surface area contributed by atoms with Gasteiger partial charge in [0.05, 0.1) is 42.6 Å². The second-order valence-corrected chi connectivity index (χ2v) is 11.1. The molecule has 2 saturated heterocycles. The number of anilines is 1. The summed E-state index contributed by atoms with van der Waals surface area (Å²) in [7, 11) is 1.21. The van der Waals surface area contributed by atoms with Gasteiger partial charge in [-0.1, -0.05) is 0 Å². The van der Waals surface area contributed by atoms with Crippen molar-refractivity contribution >= 4 is 23.7 Å². The van der Waals surface area contributed by atoms with Gasteiger partial charge in [0, 0.05) is 13.1 Å². The molecule has 2 aromatic rings. The van der Waals surface area contributed by atoms with Crippen molar-refractivity contribution in [2.24, 2.45) is 0 Å². The maximum absolute atomic E-state index is 12.5. The van der Waals surface area contributed by atoms with Crippen LogP contribution in [0.5, 0.6) is 11.5 Å². The second kappa shape index (κ2) is 14.2. The number of benzene rings is 2. The molecule has 2 atom stereocenters. The first-order valence-electron chi connectivity index (χ1n) is 13.8. The summed E-state index contributed by atoms with van der Waals surface area (Å²) >= 11 is 0. The number of nitrogens with zero attached hydrogens (tertiary/aromatic N) is 2. The molecule has 3 aliphatic heterocycles. The second-order valence-electron chi connectivity index (χ2n) is 11.1. The Hall–Kier alpha value is -4.06. The Morgan fingerprint density at radius 2 is 1.74 bits per heavy atom. The quantitative estimate of drug-likeness (QED) is 0.439. The van der Waals surface area contributed by atoms with E-state index in [0.29, 0.717) is 24.9 Å². The molecule has 2 fully saturated rings. The van der Waals surface area contributed by atoms with Crippen molar-refractivity contribution in [3.8, 4) is 11.5 Å². The van der Waals surface area contributed by atoms with Crippen LogP contribution in [0.15, 0.2) is 36.4 Å². The Bertz CT molecular complexity index is 1260. The van der Waals surface area contributed by atoms with E-state index in [9.17, 15) is 18.8 Å². The number of aromatic hydroxyl groups is 1. The molecular formula is C30H39FN2O9. The average Bonchev–Trinajstić information content (AvgIpc) is 3.63. The van der Waals surface area contributed by atoms with Gasteiger partial charge in [-0.2, -0.15) is 0 Å². The number of rotatable bonds is 3. The first kappa shape index (κ1) is 32.5. The minimum atomic E-state index is -0.907. The Balaban J connectivity index is 0.000000175. The first-order valence-corrected chi connectivity index (χ1v) is 13.8. The number of phenols is 1. The number of esters is 1. The number of carbonyl (C=O) groups excluding carboxylic acids is 2. The van der Waals surface area contributed by atoms with E-state index >= 15 is 0 Å². The highest BCUT2D eigenvalue weighted by molar-refractivity contribution is 5.90. The number of phenolic OH excluding ortho intramolecular Hbond substituents is 1. The highest BCUT2D eigenvalue weighted by Crippen LogP contribution is 2.38. The normalized spacial score (nSPS) is 18.7. The van der Waals surface area contributed by atoms with Gasteiger partial charge in [0.25, 0.3) is 0 Å². The van der Waals surface area contributed by atoms with Crippen molar-refractivity contribution < 1.29 is 48.3 Å². The summed E-state index contributed by atoms with van der Waals surface area (Å²) in [5.41, 5.74) is 0.992. The summed E-state index contributed by atoms with van der Waals surface area (Å²) in [6, 6.07) is 8.80. The molecule has 0 unspecified atom stereocenters. The topological polar surface area (TPSA) is 146 Å². The lowest BCUT2D eigenvalue weighted by Crippen LogP contribution is -2.41. The fourth-order valence-corrected chi connectivity index (χ4v) is 4.86. The summed E-state index contributed by atoms with van der Waals surface area (Å²) in [4.78, 5) is 37.2. The van der Waals surface area contributed by atoms with Crippen LogP contribution in [0.2, 0.25) is 0 Å². The number of carbonyl (C=O) groups is 3. The molecular weight excluding hydrogens is 551 g/mol. The number of aliphatic hydroxyl groups excluding tert-OH is 1. The first-order chi connectivity index (χ1) is 19.8. The van der Waals surface area contributed by atoms with Gasteiger partial charge in [0.15, 0.2) is 11.6 Å². The Morgan fingerprint density at radius 3 is 2.36 bits per heavy atom. The molecule has 0 radical (unpaired) electrons. The van der Waals surface area contributed by atoms with Gasteiger partial charge in [-0.15, -0.1) is 0 Å². The standard InChI is InChI=1S/C12H13NO3.C10H19NO3.C8H7FO3/c14-12(15)8-3-4-10-11(6-8)16-7-9-2-1-5-13(9)10;1-10(2,3)14-9(13)11-6-4-5-8(11)7-12;1-12-8(11)5-2-3-6(9)7(10)4-5/h3-4,6,9H,1-2,5,7H2,(H,14,15);8,12H,4-7H2,1-3H3;2-4,10H,1H3/t9-;8-;/m00./s1. The number of likely N-dealkylation sites (tertiary alicyclic amines) is 1. The van der Waals surface area contributed by atoms with E-state index in [1.807, 2.05) is 26.8 Å². The molecule has 0 saturated carbocycles. The third kappa shape index (κ3) is 8.48. The fourth-order valence-electron chi connectivity index (χ4n) is 4.86. The summed E-state index contributed by atoms with van der Waals surface area (Å²) < 4.78 is 27.7. The van der Waals surface area contributed by atoms with Gasteiger partial charge in [0.2, 0.25) is 0 Å². The van der Waals surface area contributed by atoms with Crippen molar-refractivity contribution in [1.29, 1.82) is 0 Å². The highest BCUT2D eigenvalue weighted by Gasteiger charge is 2.32. The van der Waals surface area contributed by atoms with E-state index < -0.39 is 29.1 Å². The molecule has 230 valence electrons. The molecule has 5 rings (SSSR count). The number of carboxylic acid groups (broad SMARTS) is 1. The van der Waals surface area contributed by atoms with Crippen LogP contribution in [0, 0.1) is 5.82 Å². The number of hydrogen-bond donors (Lipinski definition) is 3. The number of aromatic carboxylic acids is 1.